The van der Waals surface area contributed by atoms with Gasteiger partial charge in [-0.2, -0.15) is 9.97 Å². The molecule has 0 N–H and O–H groups in total. The van der Waals surface area contributed by atoms with Crippen LogP contribution in [0.3, 0.4) is 0 Å². The van der Waals surface area contributed by atoms with E-state index in [1.54, 1.807) is 0 Å². The van der Waals surface area contributed by atoms with Crippen LogP contribution in [-0.4, -0.2) is 35.7 Å². The molecule has 0 amide bonds. The Morgan fingerprint density at radius 3 is 0.788 bits per heavy atom. The van der Waals surface area contributed by atoms with Crippen LogP contribution in [0.1, 0.15) is 0 Å². The SMILES string of the molecule is c1ccc(-c2ccc([Si](c3ccccc3)(c3ccc(-c4ccccc4)cc3)c3cc(-c4nc(-c5cccc(-c6ccccc6)c5)nc(-n5c6ccccc6c6ccccc65)n4)cc([Si](c4ccccc4)(c4ccc(-c5ccccc5)cc4)c4ccc(-c5ccccc5)cc4)c3)cc2)cc1. The second-order valence-corrected chi connectivity index (χ2v) is 33.0. The van der Waals surface area contributed by atoms with Crippen molar-refractivity contribution in [2.75, 3.05) is 0 Å². The van der Waals surface area contributed by atoms with Crippen LogP contribution in [-0.2, 0) is 0 Å². The highest BCUT2D eigenvalue weighted by Crippen LogP contribution is 2.34. The van der Waals surface area contributed by atoms with Crippen LogP contribution in [0.5, 0.6) is 0 Å². The lowest BCUT2D eigenvalue weighted by molar-refractivity contribution is 0.953. The summed E-state index contributed by atoms with van der Waals surface area (Å²) in [5.41, 5.74) is 15.3. The molecule has 17 aromatic rings. The van der Waals surface area contributed by atoms with E-state index in [0.29, 0.717) is 17.6 Å². The molecule has 0 fully saturated rings. The summed E-state index contributed by atoms with van der Waals surface area (Å²) in [5, 5.41) is 12.1. The highest BCUT2D eigenvalue weighted by atomic mass is 28.3. The maximum Gasteiger partial charge on any atom is 0.238 e. The van der Waals surface area contributed by atoms with Gasteiger partial charge in [0.25, 0.3) is 0 Å². The summed E-state index contributed by atoms with van der Waals surface area (Å²) >= 11 is 0. The first-order valence-corrected chi connectivity index (χ1v) is 37.9. The molecule has 0 spiro atoms. The average molecular weight is 1300 g/mol. The summed E-state index contributed by atoms with van der Waals surface area (Å²) in [4.78, 5) is 17.4. The Labute approximate surface area is 579 Å². The van der Waals surface area contributed by atoms with Gasteiger partial charge in [-0.15, -0.1) is 0 Å². The average Bonchev–Trinajstić information content (AvgIpc) is 1.33. The van der Waals surface area contributed by atoms with Crippen molar-refractivity contribution >= 4 is 79.4 Å². The number of hydrogen-bond donors (Lipinski definition) is 0. The fraction of sp³-hybridized carbons (Fsp3) is 0. The Bertz CT molecular complexity index is 5210. The lowest BCUT2D eigenvalue weighted by Crippen LogP contribution is -2.78. The third-order valence-electron chi connectivity index (χ3n) is 19.8. The molecule has 0 aliphatic carbocycles. The van der Waals surface area contributed by atoms with Gasteiger partial charge < -0.3 is 0 Å². The van der Waals surface area contributed by atoms with Crippen LogP contribution in [0, 0.1) is 0 Å². The molecule has 17 rings (SSSR count). The van der Waals surface area contributed by atoms with E-state index < -0.39 is 16.1 Å². The van der Waals surface area contributed by atoms with Gasteiger partial charge in [0.05, 0.1) is 11.0 Å². The topological polar surface area (TPSA) is 43.6 Å². The van der Waals surface area contributed by atoms with E-state index in [2.05, 4.69) is 405 Å². The smallest absolute Gasteiger partial charge is 0.238 e. The zero-order valence-corrected chi connectivity index (χ0v) is 56.4. The van der Waals surface area contributed by atoms with Gasteiger partial charge in [0.15, 0.2) is 27.8 Å². The van der Waals surface area contributed by atoms with E-state index in [0.717, 1.165) is 66.3 Å². The minimum Gasteiger partial charge on any atom is -0.278 e. The van der Waals surface area contributed by atoms with Crippen molar-refractivity contribution in [1.29, 1.82) is 0 Å². The molecule has 0 aliphatic heterocycles. The summed E-state index contributed by atoms with van der Waals surface area (Å²) in [6.45, 7) is 0. The zero-order chi connectivity index (χ0) is 66.0. The quantitative estimate of drug-likeness (QED) is 0.0715. The molecule has 466 valence electrons. The molecular weight excluding hydrogens is 1230 g/mol. The molecule has 15 aromatic carbocycles. The minimum absolute atomic E-state index is 0.531. The van der Waals surface area contributed by atoms with Gasteiger partial charge in [0.1, 0.15) is 0 Å². The van der Waals surface area contributed by atoms with E-state index in [9.17, 15) is 0 Å². The Morgan fingerprint density at radius 2 is 0.434 bits per heavy atom. The summed E-state index contributed by atoms with van der Waals surface area (Å²) in [7, 11) is -7.09. The molecule has 2 aromatic heterocycles. The summed E-state index contributed by atoms with van der Waals surface area (Å²) in [6, 6.07) is 148. The van der Waals surface area contributed by atoms with E-state index in [-0.39, 0.29) is 0 Å². The molecule has 0 aliphatic rings. The van der Waals surface area contributed by atoms with Crippen LogP contribution in [0.15, 0.2) is 400 Å². The lowest BCUT2D eigenvalue weighted by Gasteiger charge is -2.38. The highest BCUT2D eigenvalue weighted by Gasteiger charge is 2.46. The van der Waals surface area contributed by atoms with E-state index in [1.165, 1.54) is 63.7 Å². The number of benzene rings is 15. The van der Waals surface area contributed by atoms with Crippen molar-refractivity contribution in [1.82, 2.24) is 19.5 Å². The van der Waals surface area contributed by atoms with Crippen molar-refractivity contribution in [3.63, 3.8) is 0 Å². The van der Waals surface area contributed by atoms with Crippen LogP contribution in [0.2, 0.25) is 0 Å². The maximum absolute atomic E-state index is 5.89. The number of hydrogen-bond acceptors (Lipinski definition) is 3. The van der Waals surface area contributed by atoms with Gasteiger partial charge in [0, 0.05) is 21.9 Å². The molecule has 4 nitrogen and oxygen atoms in total. The normalized spacial score (nSPS) is 11.6. The summed E-state index contributed by atoms with van der Waals surface area (Å²) in [6.07, 6.45) is 0. The summed E-state index contributed by atoms with van der Waals surface area (Å²) in [5.74, 6) is 1.67. The second-order valence-electron chi connectivity index (χ2n) is 25.4. The van der Waals surface area contributed by atoms with Gasteiger partial charge in [0.2, 0.25) is 5.95 Å². The maximum atomic E-state index is 5.89. The second kappa shape index (κ2) is 26.3. The predicted octanol–water partition coefficient (Wildman–Crippen LogP) is 17.4. The number of aromatic nitrogens is 4. The summed E-state index contributed by atoms with van der Waals surface area (Å²) < 4.78 is 2.24. The first kappa shape index (κ1) is 60.2. The van der Waals surface area contributed by atoms with Crippen molar-refractivity contribution in [2.24, 2.45) is 0 Å². The lowest BCUT2D eigenvalue weighted by atomic mass is 10.0. The van der Waals surface area contributed by atoms with Crippen molar-refractivity contribution < 1.29 is 0 Å². The van der Waals surface area contributed by atoms with Gasteiger partial charge in [-0.3, -0.25) is 4.57 Å². The molecule has 0 unspecified atom stereocenters. The Morgan fingerprint density at radius 1 is 0.172 bits per heavy atom. The van der Waals surface area contributed by atoms with Gasteiger partial charge in [-0.1, -0.05) is 382 Å². The fourth-order valence-electron chi connectivity index (χ4n) is 15.1. The molecule has 0 radical (unpaired) electrons. The minimum atomic E-state index is -3.55. The highest BCUT2D eigenvalue weighted by molar-refractivity contribution is 7.22. The zero-order valence-electron chi connectivity index (χ0n) is 54.4. The van der Waals surface area contributed by atoms with Crippen molar-refractivity contribution in [2.45, 2.75) is 0 Å². The third kappa shape index (κ3) is 11.1. The first-order chi connectivity index (χ1) is 49.1. The molecule has 0 atom stereocenters. The van der Waals surface area contributed by atoms with Gasteiger partial charge in [-0.05, 0) is 115 Å². The van der Waals surface area contributed by atoms with Crippen molar-refractivity contribution in [3.8, 4) is 84.4 Å². The largest absolute Gasteiger partial charge is 0.278 e. The predicted molar refractivity (Wildman–Crippen MR) is 419 cm³/mol. The van der Waals surface area contributed by atoms with E-state index >= 15 is 0 Å². The Kier molecular flexibility index (Phi) is 16.0. The first-order valence-electron chi connectivity index (χ1n) is 33.9. The Hall–Kier alpha value is -12.5. The molecule has 99 heavy (non-hydrogen) atoms. The molecule has 0 saturated heterocycles. The van der Waals surface area contributed by atoms with Crippen molar-refractivity contribution in [3.05, 3.63) is 400 Å². The molecule has 0 bridgehead atoms. The van der Waals surface area contributed by atoms with Crippen LogP contribution in [0.25, 0.3) is 106 Å². The molecule has 0 saturated carbocycles. The van der Waals surface area contributed by atoms with Crippen LogP contribution < -0.4 is 41.5 Å². The number of rotatable bonds is 16. The Balaban J connectivity index is 1.02. The molecule has 6 heteroatoms. The van der Waals surface area contributed by atoms with Gasteiger partial charge in [-0.25, -0.2) is 4.98 Å². The van der Waals surface area contributed by atoms with Gasteiger partial charge >= 0.3 is 0 Å². The fourth-order valence-corrected chi connectivity index (χ4v) is 24.8. The van der Waals surface area contributed by atoms with E-state index in [1.807, 2.05) is 0 Å². The standard InChI is InChI=1S/C93H66N4Si2/c1-8-27-67(28-9-1)72-47-55-81(56-48-72)98(79-39-18-6-19-40-79,82-57-49-73(50-58-82)68-29-10-2-11-30-68)85-64-78(92-94-91(77-38-26-37-76(63-77)71-35-16-5-17-36-71)95-93(96-92)97-89-45-24-22-43-87(89)88-44-23-25-46-90(88)97)65-86(66-85)99(80-41-20-7-21-42-80,83-59-51-74(52-60-83)69-31-12-3-13-32-69)84-61-53-75(54-62-84)70-33-14-4-15-34-70/h1-66H. The number of para-hydroxylation sites is 2. The number of nitrogens with zero attached hydrogens (tertiary/aromatic N) is 4. The molecule has 2 heterocycles. The van der Waals surface area contributed by atoms with Crippen LogP contribution >= 0.6 is 0 Å². The third-order valence-corrected chi connectivity index (χ3v) is 29.3. The van der Waals surface area contributed by atoms with Crippen LogP contribution in [0.4, 0.5) is 0 Å². The molecular formula is C93H66N4Si2. The van der Waals surface area contributed by atoms with E-state index in [4.69, 9.17) is 15.0 Å². The number of fused-ring (bicyclic) bond motifs is 3. The monoisotopic (exact) mass is 1290 g/mol.